The molecule has 1 saturated heterocycles. The van der Waals surface area contributed by atoms with Crippen LogP contribution in [-0.2, 0) is 10.0 Å². The number of rotatable bonds is 4. The number of hydrogen-bond acceptors (Lipinski definition) is 4. The Bertz CT molecular complexity index is 777. The average molecular weight is 400 g/mol. The van der Waals surface area contributed by atoms with E-state index in [9.17, 15) is 8.42 Å². The highest BCUT2D eigenvalue weighted by molar-refractivity contribution is 9.10. The van der Waals surface area contributed by atoms with Gasteiger partial charge in [0.15, 0.2) is 0 Å². The second kappa shape index (κ2) is 6.62. The van der Waals surface area contributed by atoms with Crippen LogP contribution in [0.2, 0.25) is 0 Å². The van der Waals surface area contributed by atoms with Crippen LogP contribution >= 0.6 is 15.9 Å². The van der Waals surface area contributed by atoms with Crippen LogP contribution in [0.5, 0.6) is 5.75 Å². The van der Waals surface area contributed by atoms with Crippen LogP contribution in [0, 0.1) is 0 Å². The fourth-order valence-electron chi connectivity index (χ4n) is 2.87. The standard InChI is InChI=1S/C15H18BrN3O3S/c1-22-15-5-4-12(9-13(15)16)23(20,21)19-8-2-3-11(10-19)14-6-7-17-18-14/h4-7,9,11H,2-3,8,10H2,1H3,(H,17,18)/t11-/m0/s1. The Kier molecular flexibility index (Phi) is 4.74. The van der Waals surface area contributed by atoms with E-state index in [-0.39, 0.29) is 10.8 Å². The van der Waals surface area contributed by atoms with Gasteiger partial charge in [-0.1, -0.05) is 0 Å². The molecule has 1 aromatic heterocycles. The van der Waals surface area contributed by atoms with Crippen LogP contribution in [0.3, 0.4) is 0 Å². The topological polar surface area (TPSA) is 75.3 Å². The van der Waals surface area contributed by atoms with Gasteiger partial charge in [0.25, 0.3) is 0 Å². The minimum absolute atomic E-state index is 0.155. The van der Waals surface area contributed by atoms with Gasteiger partial charge in [-0.3, -0.25) is 5.10 Å². The average Bonchev–Trinajstić information content (AvgIpc) is 3.09. The summed E-state index contributed by atoms with van der Waals surface area (Å²) in [6.45, 7) is 1.00. The Morgan fingerprint density at radius 3 is 2.87 bits per heavy atom. The molecule has 1 N–H and O–H groups in total. The molecule has 1 aliphatic heterocycles. The van der Waals surface area contributed by atoms with E-state index in [1.54, 1.807) is 35.8 Å². The van der Waals surface area contributed by atoms with E-state index in [1.165, 1.54) is 0 Å². The lowest BCUT2D eigenvalue weighted by molar-refractivity contribution is 0.312. The van der Waals surface area contributed by atoms with Crippen LogP contribution in [0.4, 0.5) is 0 Å². The first-order valence-corrected chi connectivity index (χ1v) is 9.58. The smallest absolute Gasteiger partial charge is 0.243 e. The van der Waals surface area contributed by atoms with Gasteiger partial charge >= 0.3 is 0 Å². The zero-order chi connectivity index (χ0) is 16.4. The number of piperidine rings is 1. The van der Waals surface area contributed by atoms with Crippen molar-refractivity contribution in [3.8, 4) is 5.75 Å². The molecule has 0 unspecified atom stereocenters. The number of aromatic nitrogens is 2. The predicted molar refractivity (Wildman–Crippen MR) is 90.0 cm³/mol. The highest BCUT2D eigenvalue weighted by Gasteiger charge is 2.31. The molecule has 0 bridgehead atoms. The van der Waals surface area contributed by atoms with Gasteiger partial charge < -0.3 is 4.74 Å². The molecule has 0 aliphatic carbocycles. The molecule has 1 fully saturated rings. The summed E-state index contributed by atoms with van der Waals surface area (Å²) >= 11 is 3.35. The van der Waals surface area contributed by atoms with Gasteiger partial charge in [-0.05, 0) is 53.0 Å². The number of benzene rings is 1. The lowest BCUT2D eigenvalue weighted by Crippen LogP contribution is -2.39. The van der Waals surface area contributed by atoms with Crippen LogP contribution in [-0.4, -0.2) is 43.1 Å². The lowest BCUT2D eigenvalue weighted by atomic mass is 9.96. The Hall–Kier alpha value is -1.38. The molecule has 0 radical (unpaired) electrons. The monoisotopic (exact) mass is 399 g/mol. The Balaban J connectivity index is 1.85. The first-order valence-electron chi connectivity index (χ1n) is 7.35. The number of sulfonamides is 1. The van der Waals surface area contributed by atoms with Gasteiger partial charge in [0.1, 0.15) is 5.75 Å². The van der Waals surface area contributed by atoms with E-state index < -0.39 is 10.0 Å². The van der Waals surface area contributed by atoms with Crippen LogP contribution in [0.15, 0.2) is 39.8 Å². The second-order valence-corrected chi connectivity index (χ2v) is 8.30. The molecule has 3 rings (SSSR count). The number of H-pyrrole nitrogens is 1. The minimum atomic E-state index is -3.52. The van der Waals surface area contributed by atoms with Crippen LogP contribution < -0.4 is 4.74 Å². The summed E-state index contributed by atoms with van der Waals surface area (Å²) in [6.07, 6.45) is 3.49. The van der Waals surface area contributed by atoms with Gasteiger partial charge in [-0.25, -0.2) is 8.42 Å². The second-order valence-electron chi connectivity index (χ2n) is 5.51. The molecule has 8 heteroatoms. The lowest BCUT2D eigenvalue weighted by Gasteiger charge is -2.31. The molecular weight excluding hydrogens is 382 g/mol. The maximum Gasteiger partial charge on any atom is 0.243 e. The van der Waals surface area contributed by atoms with E-state index in [1.807, 2.05) is 6.07 Å². The van der Waals surface area contributed by atoms with E-state index >= 15 is 0 Å². The molecule has 2 heterocycles. The van der Waals surface area contributed by atoms with Crippen molar-refractivity contribution in [2.75, 3.05) is 20.2 Å². The maximum atomic E-state index is 12.9. The number of methoxy groups -OCH3 is 1. The number of nitrogens with zero attached hydrogens (tertiary/aromatic N) is 2. The quantitative estimate of drug-likeness (QED) is 0.857. The van der Waals surface area contributed by atoms with Crippen molar-refractivity contribution in [3.05, 3.63) is 40.6 Å². The first-order chi connectivity index (χ1) is 11.0. The molecule has 1 atom stereocenters. The minimum Gasteiger partial charge on any atom is -0.496 e. The highest BCUT2D eigenvalue weighted by Crippen LogP contribution is 2.32. The zero-order valence-electron chi connectivity index (χ0n) is 12.7. The van der Waals surface area contributed by atoms with E-state index in [0.717, 1.165) is 18.5 Å². The summed E-state index contributed by atoms with van der Waals surface area (Å²) in [7, 11) is -1.97. The van der Waals surface area contributed by atoms with Gasteiger partial charge in [0, 0.05) is 30.9 Å². The van der Waals surface area contributed by atoms with Crippen molar-refractivity contribution >= 4 is 26.0 Å². The summed E-state index contributed by atoms with van der Waals surface area (Å²) in [5.41, 5.74) is 0.987. The number of ether oxygens (including phenoxy) is 1. The third-order valence-electron chi connectivity index (χ3n) is 4.11. The fourth-order valence-corrected chi connectivity index (χ4v) is 5.11. The molecule has 1 aliphatic rings. The van der Waals surface area contributed by atoms with Gasteiger partial charge in [0.2, 0.25) is 10.0 Å². The SMILES string of the molecule is COc1ccc(S(=O)(=O)N2CCC[C@H](c3ccn[nH]3)C2)cc1Br. The molecule has 0 spiro atoms. The molecule has 2 aromatic rings. The van der Waals surface area contributed by atoms with E-state index in [0.29, 0.717) is 23.3 Å². The Labute approximate surface area is 144 Å². The van der Waals surface area contributed by atoms with Crippen molar-refractivity contribution in [2.45, 2.75) is 23.7 Å². The Morgan fingerprint density at radius 2 is 2.22 bits per heavy atom. The number of hydrogen-bond donors (Lipinski definition) is 1. The molecule has 0 saturated carbocycles. The Morgan fingerprint density at radius 1 is 1.39 bits per heavy atom. The van der Waals surface area contributed by atoms with Crippen molar-refractivity contribution < 1.29 is 13.2 Å². The van der Waals surface area contributed by atoms with Crippen molar-refractivity contribution in [1.29, 1.82) is 0 Å². The van der Waals surface area contributed by atoms with Gasteiger partial charge in [-0.15, -0.1) is 0 Å². The molecule has 124 valence electrons. The van der Waals surface area contributed by atoms with Crippen LogP contribution in [0.25, 0.3) is 0 Å². The van der Waals surface area contributed by atoms with E-state index in [4.69, 9.17) is 4.74 Å². The summed E-state index contributed by atoms with van der Waals surface area (Å²) in [5.74, 6) is 0.764. The number of halogens is 1. The third-order valence-corrected chi connectivity index (χ3v) is 6.59. The zero-order valence-corrected chi connectivity index (χ0v) is 15.1. The summed E-state index contributed by atoms with van der Waals surface area (Å²) in [5, 5.41) is 6.91. The molecule has 6 nitrogen and oxygen atoms in total. The summed E-state index contributed by atoms with van der Waals surface area (Å²) in [6, 6.07) is 6.74. The third kappa shape index (κ3) is 3.29. The summed E-state index contributed by atoms with van der Waals surface area (Å²) < 4.78 is 33.1. The van der Waals surface area contributed by atoms with Crippen LogP contribution in [0.1, 0.15) is 24.5 Å². The molecular formula is C15H18BrN3O3S. The maximum absolute atomic E-state index is 12.9. The van der Waals surface area contributed by atoms with Crippen molar-refractivity contribution in [1.82, 2.24) is 14.5 Å². The van der Waals surface area contributed by atoms with Crippen molar-refractivity contribution in [3.63, 3.8) is 0 Å². The predicted octanol–water partition coefficient (Wildman–Crippen LogP) is 2.75. The van der Waals surface area contributed by atoms with Crippen molar-refractivity contribution in [2.24, 2.45) is 0 Å². The molecule has 23 heavy (non-hydrogen) atoms. The molecule has 1 aromatic carbocycles. The molecule has 0 amide bonds. The normalized spacial score (nSPS) is 19.7. The highest BCUT2D eigenvalue weighted by atomic mass is 79.9. The fraction of sp³-hybridized carbons (Fsp3) is 0.400. The first kappa shape index (κ1) is 16.5. The number of nitrogens with one attached hydrogen (secondary N) is 1. The largest absolute Gasteiger partial charge is 0.496 e. The van der Waals surface area contributed by atoms with E-state index in [2.05, 4.69) is 26.1 Å². The summed E-state index contributed by atoms with van der Waals surface area (Å²) in [4.78, 5) is 0.274. The van der Waals surface area contributed by atoms with Gasteiger partial charge in [0.05, 0.1) is 16.5 Å². The number of aromatic amines is 1. The van der Waals surface area contributed by atoms with Gasteiger partial charge in [-0.2, -0.15) is 9.40 Å².